The number of ether oxygens (including phenoxy) is 1. The summed E-state index contributed by atoms with van der Waals surface area (Å²) in [5.41, 5.74) is 2.30. The zero-order valence-electron chi connectivity index (χ0n) is 17.2. The Balaban J connectivity index is 1.34. The van der Waals surface area contributed by atoms with Crippen LogP contribution in [0.25, 0.3) is 5.65 Å². The average Bonchev–Trinajstić information content (AvgIpc) is 3.37. The summed E-state index contributed by atoms with van der Waals surface area (Å²) in [4.78, 5) is 19.6. The number of piperazine rings is 1. The molecule has 1 aliphatic heterocycles. The molecule has 1 spiro atoms. The van der Waals surface area contributed by atoms with Crippen LogP contribution in [0, 0.1) is 6.92 Å². The molecule has 1 saturated carbocycles. The maximum atomic E-state index is 12.9. The van der Waals surface area contributed by atoms with E-state index >= 15 is 0 Å². The molecule has 0 atom stereocenters. The van der Waals surface area contributed by atoms with E-state index in [1.54, 1.807) is 18.3 Å². The molecule has 0 unspecified atom stereocenters. The molecule has 156 valence electrons. The quantitative estimate of drug-likeness (QED) is 0.668. The number of hydrogen-bond acceptors (Lipinski definition) is 7. The Bertz CT molecular complexity index is 1090. The predicted octanol–water partition coefficient (Wildman–Crippen LogP) is 2.03. The molecule has 3 aromatic heterocycles. The summed E-state index contributed by atoms with van der Waals surface area (Å²) in [6.45, 7) is 7.06. The maximum Gasteiger partial charge on any atom is 0.262 e. The summed E-state index contributed by atoms with van der Waals surface area (Å²) >= 11 is 0. The fourth-order valence-electron chi connectivity index (χ4n) is 3.97. The number of fused-ring (bicyclic) bond motifs is 1. The Hall–Kier alpha value is -3.20. The number of amides is 1. The van der Waals surface area contributed by atoms with Crippen LogP contribution < -0.4 is 20.3 Å². The predicted molar refractivity (Wildman–Crippen MR) is 113 cm³/mol. The molecule has 2 aliphatic rings. The number of nitrogens with one attached hydrogen (secondary N) is 2. The van der Waals surface area contributed by atoms with Crippen molar-refractivity contribution in [3.8, 4) is 5.75 Å². The second-order valence-electron chi connectivity index (χ2n) is 7.99. The van der Waals surface area contributed by atoms with Gasteiger partial charge in [-0.1, -0.05) is 0 Å². The normalized spacial score (nSPS) is 17.3. The maximum absolute atomic E-state index is 12.9. The first-order valence-electron chi connectivity index (χ1n) is 10.3. The van der Waals surface area contributed by atoms with Crippen LogP contribution in [-0.4, -0.2) is 57.3 Å². The number of aromatic nitrogens is 4. The van der Waals surface area contributed by atoms with Gasteiger partial charge in [-0.25, -0.2) is 4.98 Å². The molecule has 4 heterocycles. The van der Waals surface area contributed by atoms with Gasteiger partial charge in [0.05, 0.1) is 17.9 Å². The van der Waals surface area contributed by atoms with Crippen LogP contribution in [0.4, 0.5) is 11.6 Å². The van der Waals surface area contributed by atoms with Crippen LogP contribution in [-0.2, 0) is 0 Å². The Morgan fingerprint density at radius 3 is 2.90 bits per heavy atom. The van der Waals surface area contributed by atoms with Crippen LogP contribution in [0.2, 0.25) is 0 Å². The molecular weight excluding hydrogens is 382 g/mol. The molecule has 2 fully saturated rings. The molecule has 0 radical (unpaired) electrons. The average molecular weight is 407 g/mol. The molecule has 9 heteroatoms. The summed E-state index contributed by atoms with van der Waals surface area (Å²) in [5, 5.41) is 15.0. The van der Waals surface area contributed by atoms with Gasteiger partial charge in [-0.3, -0.25) is 4.79 Å². The van der Waals surface area contributed by atoms with Gasteiger partial charge < -0.3 is 24.7 Å². The Morgan fingerprint density at radius 1 is 1.30 bits per heavy atom. The first kappa shape index (κ1) is 18.8. The third kappa shape index (κ3) is 3.56. The highest BCUT2D eigenvalue weighted by Gasteiger charge is 2.45. The summed E-state index contributed by atoms with van der Waals surface area (Å²) in [6.07, 6.45) is 6.03. The number of aryl methyl sites for hydroxylation is 1. The lowest BCUT2D eigenvalue weighted by Crippen LogP contribution is -2.52. The van der Waals surface area contributed by atoms with E-state index in [9.17, 15) is 4.79 Å². The summed E-state index contributed by atoms with van der Waals surface area (Å²) in [5.74, 6) is 1.44. The van der Waals surface area contributed by atoms with Crippen molar-refractivity contribution in [2.45, 2.75) is 32.2 Å². The van der Waals surface area contributed by atoms with Gasteiger partial charge in [0.1, 0.15) is 11.4 Å². The monoisotopic (exact) mass is 407 g/mol. The van der Waals surface area contributed by atoms with E-state index in [4.69, 9.17) is 4.74 Å². The number of pyridine rings is 1. The van der Waals surface area contributed by atoms with Crippen molar-refractivity contribution >= 4 is 23.2 Å². The Labute approximate surface area is 174 Å². The van der Waals surface area contributed by atoms with Crippen molar-refractivity contribution in [3.05, 3.63) is 41.9 Å². The van der Waals surface area contributed by atoms with E-state index in [2.05, 4.69) is 30.7 Å². The van der Waals surface area contributed by atoms with Crippen LogP contribution in [0.5, 0.6) is 5.75 Å². The minimum Gasteiger partial charge on any atom is -0.493 e. The van der Waals surface area contributed by atoms with Gasteiger partial charge in [0, 0.05) is 43.6 Å². The van der Waals surface area contributed by atoms with Crippen molar-refractivity contribution in [3.63, 3.8) is 0 Å². The second-order valence-corrected chi connectivity index (χ2v) is 7.99. The molecule has 5 rings (SSSR count). The summed E-state index contributed by atoms with van der Waals surface area (Å²) in [6, 6.07) is 5.48. The third-order valence-electron chi connectivity index (χ3n) is 5.66. The molecular formula is C21H25N7O2. The van der Waals surface area contributed by atoms with Gasteiger partial charge in [0.2, 0.25) is 0 Å². The lowest BCUT2D eigenvalue weighted by molar-refractivity contribution is 0.102. The van der Waals surface area contributed by atoms with Gasteiger partial charge in [0.25, 0.3) is 5.91 Å². The van der Waals surface area contributed by atoms with E-state index in [-0.39, 0.29) is 11.4 Å². The minimum absolute atomic E-state index is 0.271. The highest BCUT2D eigenvalue weighted by molar-refractivity contribution is 6.05. The third-order valence-corrected chi connectivity index (χ3v) is 5.66. The van der Waals surface area contributed by atoms with Crippen molar-refractivity contribution in [1.29, 1.82) is 0 Å². The molecule has 2 N–H and O–H groups in total. The zero-order chi connectivity index (χ0) is 20.7. The highest BCUT2D eigenvalue weighted by atomic mass is 16.5. The number of nitrogens with zero attached hydrogens (tertiary/aromatic N) is 5. The van der Waals surface area contributed by atoms with E-state index in [1.165, 1.54) is 12.8 Å². The smallest absolute Gasteiger partial charge is 0.262 e. The molecule has 1 aliphatic carbocycles. The zero-order valence-corrected chi connectivity index (χ0v) is 17.2. The second kappa shape index (κ2) is 7.24. The lowest BCUT2D eigenvalue weighted by Gasteiger charge is -2.34. The van der Waals surface area contributed by atoms with Crippen LogP contribution >= 0.6 is 0 Å². The Morgan fingerprint density at radius 2 is 2.17 bits per heavy atom. The van der Waals surface area contributed by atoms with E-state index in [0.717, 1.165) is 36.8 Å². The standard InChI is InChI=1S/C21H25N7O2/c1-3-30-16-10-19-23-14(2)11-28(19)12-15(16)20(29)24-17-4-5-18(26-25-17)27-9-8-22-21(13-27)6-7-21/h4-5,10-12,22H,3,6-9,13H2,1-2H3,(H,24,25,29). The van der Waals surface area contributed by atoms with Gasteiger partial charge in [0.15, 0.2) is 11.6 Å². The van der Waals surface area contributed by atoms with Crippen LogP contribution in [0.3, 0.4) is 0 Å². The number of anilines is 2. The van der Waals surface area contributed by atoms with E-state index < -0.39 is 0 Å². The molecule has 0 aromatic carbocycles. The van der Waals surface area contributed by atoms with Crippen molar-refractivity contribution in [1.82, 2.24) is 24.9 Å². The first-order chi connectivity index (χ1) is 14.5. The van der Waals surface area contributed by atoms with Gasteiger partial charge >= 0.3 is 0 Å². The SMILES string of the molecule is CCOc1cc2nc(C)cn2cc1C(=O)Nc1ccc(N2CCNC3(CC3)C2)nn1. The number of carbonyl (C=O) groups excluding carboxylic acids is 1. The highest BCUT2D eigenvalue weighted by Crippen LogP contribution is 2.38. The summed E-state index contributed by atoms with van der Waals surface area (Å²) < 4.78 is 7.49. The number of imidazole rings is 1. The Kier molecular flexibility index (Phi) is 4.54. The lowest BCUT2D eigenvalue weighted by atomic mass is 10.2. The van der Waals surface area contributed by atoms with Crippen molar-refractivity contribution in [2.24, 2.45) is 0 Å². The minimum atomic E-state index is -0.298. The molecule has 30 heavy (non-hydrogen) atoms. The van der Waals surface area contributed by atoms with Gasteiger partial charge in [-0.05, 0) is 38.8 Å². The fraction of sp³-hybridized carbons (Fsp3) is 0.429. The molecule has 1 saturated heterocycles. The first-order valence-corrected chi connectivity index (χ1v) is 10.3. The van der Waals surface area contributed by atoms with Gasteiger partial charge in [-0.15, -0.1) is 10.2 Å². The van der Waals surface area contributed by atoms with Gasteiger partial charge in [-0.2, -0.15) is 0 Å². The molecule has 9 nitrogen and oxygen atoms in total. The molecule has 1 amide bonds. The number of hydrogen-bond donors (Lipinski definition) is 2. The summed E-state index contributed by atoms with van der Waals surface area (Å²) in [7, 11) is 0. The van der Waals surface area contributed by atoms with E-state index in [1.807, 2.05) is 30.5 Å². The van der Waals surface area contributed by atoms with Crippen LogP contribution in [0.15, 0.2) is 30.6 Å². The topological polar surface area (TPSA) is 96.7 Å². The number of rotatable bonds is 5. The largest absolute Gasteiger partial charge is 0.493 e. The fourth-order valence-corrected chi connectivity index (χ4v) is 3.97. The number of carbonyl (C=O) groups is 1. The van der Waals surface area contributed by atoms with Crippen molar-refractivity contribution < 1.29 is 9.53 Å². The van der Waals surface area contributed by atoms with E-state index in [0.29, 0.717) is 23.7 Å². The molecule has 3 aromatic rings. The van der Waals surface area contributed by atoms with Crippen LogP contribution in [0.1, 0.15) is 35.8 Å². The van der Waals surface area contributed by atoms with Crippen molar-refractivity contribution in [2.75, 3.05) is 36.5 Å². The molecule has 0 bridgehead atoms.